The quantitative estimate of drug-likeness (QED) is 0.796. The number of amides is 1. The molecule has 0 aliphatic heterocycles. The number of aromatic nitrogens is 1. The summed E-state index contributed by atoms with van der Waals surface area (Å²) in [7, 11) is 0. The molecule has 0 atom stereocenters. The van der Waals surface area contributed by atoms with Gasteiger partial charge in [0.1, 0.15) is 0 Å². The molecule has 0 unspecified atom stereocenters. The highest BCUT2D eigenvalue weighted by atomic mass is 32.1. The molecule has 104 valence electrons. The Bertz CT molecular complexity index is 706. The normalized spacial score (nSPS) is 10.3. The van der Waals surface area contributed by atoms with Gasteiger partial charge in [0.05, 0.1) is 12.2 Å². The van der Waals surface area contributed by atoms with E-state index in [1.54, 1.807) is 17.5 Å². The summed E-state index contributed by atoms with van der Waals surface area (Å²) in [6, 6.07) is 17.3. The number of pyridine rings is 1. The van der Waals surface area contributed by atoms with Crippen LogP contribution in [0, 0.1) is 0 Å². The highest BCUT2D eigenvalue weighted by molar-refractivity contribution is 7.09. The third kappa shape index (κ3) is 3.35. The fourth-order valence-corrected chi connectivity index (χ4v) is 2.65. The molecule has 0 fully saturated rings. The molecular formula is C17H14N2OS. The fourth-order valence-electron chi connectivity index (χ4n) is 2.01. The van der Waals surface area contributed by atoms with Crippen LogP contribution in [0.15, 0.2) is 66.2 Å². The van der Waals surface area contributed by atoms with E-state index in [0.29, 0.717) is 12.1 Å². The lowest BCUT2D eigenvalue weighted by Gasteiger charge is -2.05. The zero-order valence-electron chi connectivity index (χ0n) is 11.3. The lowest BCUT2D eigenvalue weighted by Crippen LogP contribution is -2.22. The van der Waals surface area contributed by atoms with Gasteiger partial charge in [-0.1, -0.05) is 24.3 Å². The van der Waals surface area contributed by atoms with Gasteiger partial charge in [0.2, 0.25) is 0 Å². The Hall–Kier alpha value is -2.46. The molecule has 1 amide bonds. The molecular weight excluding hydrogens is 280 g/mol. The van der Waals surface area contributed by atoms with Gasteiger partial charge in [0.15, 0.2) is 0 Å². The molecule has 0 saturated carbocycles. The van der Waals surface area contributed by atoms with Crippen LogP contribution in [0.2, 0.25) is 0 Å². The van der Waals surface area contributed by atoms with Crippen LogP contribution in [0.1, 0.15) is 15.2 Å². The molecule has 1 aromatic carbocycles. The summed E-state index contributed by atoms with van der Waals surface area (Å²) in [6.07, 6.45) is 1.76. The van der Waals surface area contributed by atoms with Crippen molar-refractivity contribution in [2.45, 2.75) is 6.54 Å². The molecule has 2 heterocycles. The number of rotatable bonds is 4. The zero-order chi connectivity index (χ0) is 14.5. The first-order valence-electron chi connectivity index (χ1n) is 6.65. The predicted molar refractivity (Wildman–Crippen MR) is 85.2 cm³/mol. The lowest BCUT2D eigenvalue weighted by atomic mass is 10.1. The molecule has 4 heteroatoms. The van der Waals surface area contributed by atoms with Crippen LogP contribution in [0.3, 0.4) is 0 Å². The molecule has 0 aliphatic rings. The van der Waals surface area contributed by atoms with Crippen molar-refractivity contribution in [1.82, 2.24) is 10.3 Å². The number of carbonyl (C=O) groups excluding carboxylic acids is 1. The van der Waals surface area contributed by atoms with Crippen LogP contribution in [0.25, 0.3) is 11.3 Å². The largest absolute Gasteiger partial charge is 0.347 e. The molecule has 1 N–H and O–H groups in total. The van der Waals surface area contributed by atoms with Crippen molar-refractivity contribution >= 4 is 17.2 Å². The Balaban J connectivity index is 1.67. The summed E-state index contributed by atoms with van der Waals surface area (Å²) >= 11 is 1.64. The van der Waals surface area contributed by atoms with E-state index in [1.807, 2.05) is 60.0 Å². The van der Waals surface area contributed by atoms with Crippen molar-refractivity contribution in [3.05, 3.63) is 76.6 Å². The van der Waals surface area contributed by atoms with Gasteiger partial charge in [-0.15, -0.1) is 11.3 Å². The van der Waals surface area contributed by atoms with E-state index in [2.05, 4.69) is 10.3 Å². The Morgan fingerprint density at radius 1 is 1.05 bits per heavy atom. The summed E-state index contributed by atoms with van der Waals surface area (Å²) in [5.74, 6) is -0.0593. The number of benzene rings is 1. The molecule has 0 aliphatic carbocycles. The summed E-state index contributed by atoms with van der Waals surface area (Å²) in [6.45, 7) is 0.568. The second-order valence-corrected chi connectivity index (χ2v) is 5.59. The third-order valence-electron chi connectivity index (χ3n) is 3.11. The first kappa shape index (κ1) is 13.5. The molecule has 3 nitrogen and oxygen atoms in total. The maximum absolute atomic E-state index is 12.1. The van der Waals surface area contributed by atoms with Crippen LogP contribution in [-0.2, 0) is 6.54 Å². The minimum atomic E-state index is -0.0593. The number of nitrogens with one attached hydrogen (secondary N) is 1. The van der Waals surface area contributed by atoms with Gasteiger partial charge in [0, 0.05) is 22.2 Å². The van der Waals surface area contributed by atoms with E-state index < -0.39 is 0 Å². The van der Waals surface area contributed by atoms with Crippen molar-refractivity contribution in [1.29, 1.82) is 0 Å². The maximum Gasteiger partial charge on any atom is 0.251 e. The second-order valence-electron chi connectivity index (χ2n) is 4.55. The number of thiophene rings is 1. The summed E-state index contributed by atoms with van der Waals surface area (Å²) < 4.78 is 0. The highest BCUT2D eigenvalue weighted by Crippen LogP contribution is 2.17. The van der Waals surface area contributed by atoms with Gasteiger partial charge in [-0.25, -0.2) is 0 Å². The van der Waals surface area contributed by atoms with Crippen molar-refractivity contribution in [2.75, 3.05) is 0 Å². The van der Waals surface area contributed by atoms with Crippen LogP contribution < -0.4 is 5.32 Å². The minimum absolute atomic E-state index is 0.0593. The fraction of sp³-hybridized carbons (Fsp3) is 0.0588. The molecule has 0 radical (unpaired) electrons. The van der Waals surface area contributed by atoms with E-state index >= 15 is 0 Å². The van der Waals surface area contributed by atoms with Crippen LogP contribution in [0.4, 0.5) is 0 Å². The molecule has 0 saturated heterocycles. The van der Waals surface area contributed by atoms with Crippen molar-refractivity contribution in [2.24, 2.45) is 0 Å². The number of nitrogens with zero attached hydrogens (tertiary/aromatic N) is 1. The van der Waals surface area contributed by atoms with Crippen LogP contribution in [-0.4, -0.2) is 10.9 Å². The van der Waals surface area contributed by atoms with Gasteiger partial charge in [-0.2, -0.15) is 0 Å². The number of hydrogen-bond donors (Lipinski definition) is 1. The SMILES string of the molecule is O=C(NCc1cccs1)c1ccc(-c2ccccn2)cc1. The van der Waals surface area contributed by atoms with E-state index in [1.165, 1.54) is 0 Å². The number of carbonyl (C=O) groups is 1. The van der Waals surface area contributed by atoms with Gasteiger partial charge >= 0.3 is 0 Å². The van der Waals surface area contributed by atoms with Gasteiger partial charge < -0.3 is 5.32 Å². The van der Waals surface area contributed by atoms with E-state index in [4.69, 9.17) is 0 Å². The van der Waals surface area contributed by atoms with Gasteiger partial charge in [0.25, 0.3) is 5.91 Å². The summed E-state index contributed by atoms with van der Waals surface area (Å²) in [4.78, 5) is 17.5. The topological polar surface area (TPSA) is 42.0 Å². The average molecular weight is 294 g/mol. The molecule has 2 aromatic heterocycles. The molecule has 3 rings (SSSR count). The molecule has 0 spiro atoms. The molecule has 21 heavy (non-hydrogen) atoms. The summed E-state index contributed by atoms with van der Waals surface area (Å²) in [5, 5.41) is 4.92. The van der Waals surface area contributed by atoms with Crippen LogP contribution >= 0.6 is 11.3 Å². The highest BCUT2D eigenvalue weighted by Gasteiger charge is 2.06. The maximum atomic E-state index is 12.1. The Morgan fingerprint density at radius 2 is 1.90 bits per heavy atom. The Morgan fingerprint density at radius 3 is 2.57 bits per heavy atom. The van der Waals surface area contributed by atoms with E-state index in [9.17, 15) is 4.79 Å². The second kappa shape index (κ2) is 6.33. The predicted octanol–water partition coefficient (Wildman–Crippen LogP) is 3.74. The first-order chi connectivity index (χ1) is 10.3. The monoisotopic (exact) mass is 294 g/mol. The van der Waals surface area contributed by atoms with E-state index in [-0.39, 0.29) is 5.91 Å². The van der Waals surface area contributed by atoms with Gasteiger partial charge in [-0.3, -0.25) is 9.78 Å². The lowest BCUT2D eigenvalue weighted by molar-refractivity contribution is 0.0951. The van der Waals surface area contributed by atoms with Crippen molar-refractivity contribution in [3.63, 3.8) is 0 Å². The van der Waals surface area contributed by atoms with E-state index in [0.717, 1.165) is 16.1 Å². The summed E-state index contributed by atoms with van der Waals surface area (Å²) in [5.41, 5.74) is 2.57. The third-order valence-corrected chi connectivity index (χ3v) is 3.99. The molecule has 3 aromatic rings. The Labute approximate surface area is 127 Å². The van der Waals surface area contributed by atoms with Gasteiger partial charge in [-0.05, 0) is 35.7 Å². The van der Waals surface area contributed by atoms with Crippen molar-refractivity contribution in [3.8, 4) is 11.3 Å². The minimum Gasteiger partial charge on any atom is -0.347 e. The molecule has 0 bridgehead atoms. The zero-order valence-corrected chi connectivity index (χ0v) is 12.1. The van der Waals surface area contributed by atoms with Crippen molar-refractivity contribution < 1.29 is 4.79 Å². The number of hydrogen-bond acceptors (Lipinski definition) is 3. The average Bonchev–Trinajstić information content (AvgIpc) is 3.07. The Kier molecular flexibility index (Phi) is 4.07. The first-order valence-corrected chi connectivity index (χ1v) is 7.53. The smallest absolute Gasteiger partial charge is 0.251 e. The standard InChI is InChI=1S/C17H14N2OS/c20-17(19-12-15-4-3-11-21-15)14-8-6-13(7-9-14)16-5-1-2-10-18-16/h1-11H,12H2,(H,19,20). The van der Waals surface area contributed by atoms with Crippen LogP contribution in [0.5, 0.6) is 0 Å².